The third-order valence-corrected chi connectivity index (χ3v) is 3.26. The lowest BCUT2D eigenvalue weighted by atomic mass is 10.2. The zero-order chi connectivity index (χ0) is 10.4. The van der Waals surface area contributed by atoms with Gasteiger partial charge in [-0.2, -0.15) is 11.8 Å². The normalized spacial score (nSPS) is 16.4. The van der Waals surface area contributed by atoms with Gasteiger partial charge in [-0.15, -0.1) is 0 Å². The molecule has 1 heterocycles. The Labute approximate surface area is 90.1 Å². The smallest absolute Gasteiger partial charge is 0.206 e. The van der Waals surface area contributed by atoms with Crippen LogP contribution in [0.3, 0.4) is 0 Å². The van der Waals surface area contributed by atoms with Gasteiger partial charge < -0.3 is 4.74 Å². The molecule has 2 nitrogen and oxygen atoms in total. The summed E-state index contributed by atoms with van der Waals surface area (Å²) >= 11 is 1.69. The van der Waals surface area contributed by atoms with Crippen LogP contribution in [0, 0.1) is 5.92 Å². The monoisotopic (exact) mass is 214 g/mol. The first-order chi connectivity index (χ1) is 6.70. The fraction of sp³-hybridized carbons (Fsp3) is 0.727. The summed E-state index contributed by atoms with van der Waals surface area (Å²) < 4.78 is 5.30. The van der Waals surface area contributed by atoms with Gasteiger partial charge in [-0.05, 0) is 30.6 Å². The Bertz CT molecular complexity index is 221. The predicted molar refractivity (Wildman–Crippen MR) is 60.4 cm³/mol. The number of carbonyl (C=O) groups is 1. The van der Waals surface area contributed by atoms with Gasteiger partial charge in [0.1, 0.15) is 0 Å². The average Bonchev–Trinajstić information content (AvgIpc) is 2.18. The molecule has 1 aliphatic rings. The van der Waals surface area contributed by atoms with Crippen LogP contribution in [-0.4, -0.2) is 23.9 Å². The van der Waals surface area contributed by atoms with Crippen molar-refractivity contribution in [2.45, 2.75) is 26.7 Å². The molecule has 0 unspecified atom stereocenters. The van der Waals surface area contributed by atoms with Crippen LogP contribution in [-0.2, 0) is 9.53 Å². The molecule has 0 bridgehead atoms. The van der Waals surface area contributed by atoms with Gasteiger partial charge in [-0.25, -0.2) is 0 Å². The van der Waals surface area contributed by atoms with Crippen LogP contribution in [0.25, 0.3) is 0 Å². The maximum Gasteiger partial charge on any atom is 0.206 e. The van der Waals surface area contributed by atoms with E-state index in [4.69, 9.17) is 4.74 Å². The number of hydrogen-bond donors (Lipinski definition) is 0. The number of Topliss-reactive ketones (excluding diaryl/α,β-unsaturated/α-hetero) is 1. The first-order valence-corrected chi connectivity index (χ1v) is 6.29. The third kappa shape index (κ3) is 4.18. The van der Waals surface area contributed by atoms with Gasteiger partial charge in [0.2, 0.25) is 5.78 Å². The minimum absolute atomic E-state index is 0.148. The Balaban J connectivity index is 2.24. The van der Waals surface area contributed by atoms with Gasteiger partial charge in [-0.1, -0.05) is 13.8 Å². The molecule has 0 saturated heterocycles. The molecule has 0 aromatic heterocycles. The van der Waals surface area contributed by atoms with E-state index in [1.807, 2.05) is 6.08 Å². The number of carbonyl (C=O) groups excluding carboxylic acids is 1. The van der Waals surface area contributed by atoms with Crippen molar-refractivity contribution < 1.29 is 9.53 Å². The number of thioether (sulfide) groups is 1. The fourth-order valence-corrected chi connectivity index (χ4v) is 2.13. The quantitative estimate of drug-likeness (QED) is 0.703. The van der Waals surface area contributed by atoms with Crippen LogP contribution in [0.4, 0.5) is 0 Å². The lowest BCUT2D eigenvalue weighted by Gasteiger charge is -2.13. The van der Waals surface area contributed by atoms with Crippen LogP contribution in [0.2, 0.25) is 0 Å². The summed E-state index contributed by atoms with van der Waals surface area (Å²) in [6.07, 6.45) is 3.94. The third-order valence-electron chi connectivity index (χ3n) is 1.89. The van der Waals surface area contributed by atoms with E-state index < -0.39 is 0 Å². The molecular formula is C11H18O2S. The Hall–Kier alpha value is -0.440. The molecule has 0 aromatic rings. The largest absolute Gasteiger partial charge is 0.490 e. The van der Waals surface area contributed by atoms with Crippen LogP contribution in [0.1, 0.15) is 26.7 Å². The molecule has 0 atom stereocenters. The minimum atomic E-state index is 0.148. The van der Waals surface area contributed by atoms with Gasteiger partial charge in [0, 0.05) is 0 Å². The SMILES string of the molecule is CC(C)CSCC(=O)C1=CCCCO1. The molecule has 0 amide bonds. The van der Waals surface area contributed by atoms with Crippen LogP contribution in [0.5, 0.6) is 0 Å². The van der Waals surface area contributed by atoms with E-state index in [0.29, 0.717) is 24.0 Å². The molecule has 1 aliphatic heterocycles. The van der Waals surface area contributed by atoms with Crippen molar-refractivity contribution >= 4 is 17.5 Å². The second-order valence-corrected chi connectivity index (χ2v) is 4.92. The number of allylic oxidation sites excluding steroid dienone is 2. The topological polar surface area (TPSA) is 26.3 Å². The molecule has 0 aliphatic carbocycles. The number of rotatable bonds is 5. The van der Waals surface area contributed by atoms with Gasteiger partial charge in [-0.3, -0.25) is 4.79 Å². The predicted octanol–water partition coefficient (Wildman–Crippen LogP) is 2.64. The van der Waals surface area contributed by atoms with Crippen molar-refractivity contribution in [3.8, 4) is 0 Å². The molecule has 0 N–H and O–H groups in total. The van der Waals surface area contributed by atoms with Gasteiger partial charge in [0.15, 0.2) is 5.76 Å². The molecule has 0 fully saturated rings. The maximum absolute atomic E-state index is 11.6. The number of ether oxygens (including phenoxy) is 1. The fourth-order valence-electron chi connectivity index (χ4n) is 1.21. The Morgan fingerprint density at radius 3 is 3.00 bits per heavy atom. The zero-order valence-electron chi connectivity index (χ0n) is 8.91. The van der Waals surface area contributed by atoms with E-state index in [9.17, 15) is 4.79 Å². The van der Waals surface area contributed by atoms with Crippen LogP contribution in [0.15, 0.2) is 11.8 Å². The lowest BCUT2D eigenvalue weighted by molar-refractivity contribution is -0.116. The Kier molecular flexibility index (Phi) is 5.09. The highest BCUT2D eigenvalue weighted by molar-refractivity contribution is 7.99. The molecule has 0 saturated carbocycles. The second-order valence-electron chi connectivity index (χ2n) is 3.89. The summed E-state index contributed by atoms with van der Waals surface area (Å²) in [6.45, 7) is 5.02. The molecule has 1 rings (SSSR count). The molecule has 3 heteroatoms. The molecule has 0 aromatic carbocycles. The molecule has 0 radical (unpaired) electrons. The van der Waals surface area contributed by atoms with Crippen molar-refractivity contribution in [1.82, 2.24) is 0 Å². The highest BCUT2D eigenvalue weighted by Crippen LogP contribution is 2.14. The van der Waals surface area contributed by atoms with Gasteiger partial charge in [0.05, 0.1) is 12.4 Å². The summed E-state index contributed by atoms with van der Waals surface area (Å²) in [7, 11) is 0. The van der Waals surface area contributed by atoms with E-state index >= 15 is 0 Å². The maximum atomic E-state index is 11.6. The summed E-state index contributed by atoms with van der Waals surface area (Å²) in [4.78, 5) is 11.6. The summed E-state index contributed by atoms with van der Waals surface area (Å²) in [5, 5.41) is 0. The van der Waals surface area contributed by atoms with Gasteiger partial charge in [0.25, 0.3) is 0 Å². The second kappa shape index (κ2) is 6.12. The van der Waals surface area contributed by atoms with E-state index in [2.05, 4.69) is 13.8 Å². The van der Waals surface area contributed by atoms with E-state index in [1.54, 1.807) is 11.8 Å². The molecule has 14 heavy (non-hydrogen) atoms. The Morgan fingerprint density at radius 2 is 2.43 bits per heavy atom. The van der Waals surface area contributed by atoms with Crippen molar-refractivity contribution in [3.05, 3.63) is 11.8 Å². The summed E-state index contributed by atoms with van der Waals surface area (Å²) in [5.41, 5.74) is 0. The number of hydrogen-bond acceptors (Lipinski definition) is 3. The highest BCUT2D eigenvalue weighted by atomic mass is 32.2. The van der Waals surface area contributed by atoms with E-state index in [-0.39, 0.29) is 5.78 Å². The van der Waals surface area contributed by atoms with Crippen molar-refractivity contribution in [2.24, 2.45) is 5.92 Å². The molecule has 80 valence electrons. The van der Waals surface area contributed by atoms with E-state index in [0.717, 1.165) is 18.6 Å². The van der Waals surface area contributed by atoms with Crippen molar-refractivity contribution in [1.29, 1.82) is 0 Å². The van der Waals surface area contributed by atoms with E-state index in [1.165, 1.54) is 0 Å². The van der Waals surface area contributed by atoms with Gasteiger partial charge >= 0.3 is 0 Å². The number of ketones is 1. The van der Waals surface area contributed by atoms with Crippen LogP contribution >= 0.6 is 11.8 Å². The highest BCUT2D eigenvalue weighted by Gasteiger charge is 2.13. The summed E-state index contributed by atoms with van der Waals surface area (Å²) in [6, 6.07) is 0. The van der Waals surface area contributed by atoms with Crippen molar-refractivity contribution in [2.75, 3.05) is 18.1 Å². The zero-order valence-corrected chi connectivity index (χ0v) is 9.73. The standard InChI is InChI=1S/C11H18O2S/c1-9(2)7-14-8-10(12)11-5-3-4-6-13-11/h5,9H,3-4,6-8H2,1-2H3. The first-order valence-electron chi connectivity index (χ1n) is 5.14. The molecular weight excluding hydrogens is 196 g/mol. The van der Waals surface area contributed by atoms with Crippen molar-refractivity contribution in [3.63, 3.8) is 0 Å². The minimum Gasteiger partial charge on any atom is -0.490 e. The average molecular weight is 214 g/mol. The van der Waals surface area contributed by atoms with Crippen LogP contribution < -0.4 is 0 Å². The first kappa shape index (κ1) is 11.6. The lowest BCUT2D eigenvalue weighted by Crippen LogP contribution is -2.13. The Morgan fingerprint density at radius 1 is 1.64 bits per heavy atom. The molecule has 0 spiro atoms. The summed E-state index contributed by atoms with van der Waals surface area (Å²) in [5.74, 6) is 2.99.